The summed E-state index contributed by atoms with van der Waals surface area (Å²) >= 11 is 0. The second-order valence-electron chi connectivity index (χ2n) is 8.66. The maximum absolute atomic E-state index is 5.52. The van der Waals surface area contributed by atoms with Crippen molar-refractivity contribution < 1.29 is 9.47 Å². The zero-order valence-corrected chi connectivity index (χ0v) is 25.3. The number of azo groups is 1. The summed E-state index contributed by atoms with van der Waals surface area (Å²) in [5.41, 5.74) is 5.13. The van der Waals surface area contributed by atoms with Gasteiger partial charge >= 0.3 is 0 Å². The summed E-state index contributed by atoms with van der Waals surface area (Å²) in [5.74, 6) is 1.69. The normalized spacial score (nSPS) is 11.1. The first-order valence-corrected chi connectivity index (χ1v) is 13.0. The molecule has 0 saturated heterocycles. The average molecular weight is 761 g/mol. The summed E-state index contributed by atoms with van der Waals surface area (Å²) < 4.78 is 11.0. The third kappa shape index (κ3) is 6.66. The number of aliphatic imine (C=N–C) groups is 1. The molecule has 6 nitrogen and oxygen atoms in total. The summed E-state index contributed by atoms with van der Waals surface area (Å²) in [4.78, 5) is 4.74. The minimum absolute atomic E-state index is 0. The van der Waals surface area contributed by atoms with Crippen molar-refractivity contribution in [2.45, 2.75) is 13.8 Å². The van der Waals surface area contributed by atoms with Crippen molar-refractivity contribution in [3.63, 3.8) is 0 Å². The standard InChI is InChI=1S/C33H29N4O2.Cm/c1-3-38-28-17-9-24(10-18-28)23-34-32-21-22-33(31-8-6-5-7-30(31)32)37-36-27-13-11-25(12-14-27)35-26-15-19-29(20-16-26)39-4-2;/h5-23H,3-4H2,1-2H3;/q-1;. The molecule has 0 saturated carbocycles. The molecule has 0 heterocycles. The number of fused-ring (bicyclic) bond motifs is 1. The van der Waals surface area contributed by atoms with Gasteiger partial charge in [-0.25, -0.2) is 0 Å². The molecule has 0 bridgehead atoms. The van der Waals surface area contributed by atoms with E-state index in [0.717, 1.165) is 56.3 Å². The van der Waals surface area contributed by atoms with Crippen molar-refractivity contribution in [1.82, 2.24) is 0 Å². The molecular weight excluding hydrogens is 731 g/mol. The summed E-state index contributed by atoms with van der Waals surface area (Å²) in [6.07, 6.45) is 1.86. The van der Waals surface area contributed by atoms with Crippen LogP contribution < -0.4 is 9.47 Å². The van der Waals surface area contributed by atoms with Gasteiger partial charge in [0.15, 0.2) is 0 Å². The van der Waals surface area contributed by atoms with Crippen LogP contribution >= 0.6 is 0 Å². The second kappa shape index (κ2) is 13.0. The molecule has 0 spiro atoms. The first-order chi connectivity index (χ1) is 19.2. The minimum Gasteiger partial charge on any atom is -0.658 e. The second-order valence-corrected chi connectivity index (χ2v) is 8.66. The minimum atomic E-state index is 0. The summed E-state index contributed by atoms with van der Waals surface area (Å²) in [7, 11) is 0. The Hall–Kier alpha value is -5.97. The van der Waals surface area contributed by atoms with E-state index in [0.29, 0.717) is 13.2 Å². The molecule has 7 heteroatoms. The van der Waals surface area contributed by atoms with Gasteiger partial charge in [-0.1, -0.05) is 48.5 Å². The molecule has 5 aromatic carbocycles. The largest absolute Gasteiger partial charge is 0.658 e. The monoisotopic (exact) mass is 756 g/mol. The van der Waals surface area contributed by atoms with Crippen molar-refractivity contribution >= 4 is 45.4 Å². The molecule has 0 aliphatic carbocycles. The van der Waals surface area contributed by atoms with Crippen LogP contribution in [0.15, 0.2) is 124 Å². The van der Waals surface area contributed by atoms with E-state index < -0.39 is 0 Å². The maximum Gasteiger partial charge on any atom is 0.119 e. The quantitative estimate of drug-likeness (QED) is 0.105. The molecule has 202 valence electrons. The molecule has 0 aromatic heterocycles. The van der Waals surface area contributed by atoms with E-state index in [1.165, 1.54) is 0 Å². The van der Waals surface area contributed by atoms with Crippen LogP contribution in [0.3, 0.4) is 0 Å². The Bertz CT molecular complexity index is 1580. The Kier molecular flexibility index (Phi) is 8.81. The van der Waals surface area contributed by atoms with Crippen molar-refractivity contribution in [2.75, 3.05) is 13.2 Å². The van der Waals surface area contributed by atoms with Gasteiger partial charge in [-0.3, -0.25) is 4.99 Å². The fourth-order valence-electron chi connectivity index (χ4n) is 4.07. The molecule has 0 aliphatic rings. The number of hydrogen-bond donors (Lipinski definition) is 0. The van der Waals surface area contributed by atoms with E-state index in [1.807, 2.05) is 123 Å². The van der Waals surface area contributed by atoms with E-state index in [2.05, 4.69) is 21.6 Å². The smallest absolute Gasteiger partial charge is 0.119 e. The molecule has 0 fully saturated rings. The SMILES string of the molecule is CCOc1ccc(C=Nc2ccc(N=Nc3ccc([N-]c4ccc(OCC)cc4)cc3)c3ccccc23)cc1.[Cm]. The van der Waals surface area contributed by atoms with Gasteiger partial charge in [0, 0.05) is 17.0 Å². The van der Waals surface area contributed by atoms with E-state index in [1.54, 1.807) is 0 Å². The van der Waals surface area contributed by atoms with Gasteiger partial charge in [0.05, 0.1) is 30.3 Å². The Labute approximate surface area is 228 Å². The average Bonchev–Trinajstić information content (AvgIpc) is 2.98. The number of ether oxygens (including phenoxy) is 2. The van der Waals surface area contributed by atoms with Crippen molar-refractivity contribution in [3.05, 3.63) is 120 Å². The Morgan fingerprint density at radius 1 is 0.600 bits per heavy atom. The van der Waals surface area contributed by atoms with Gasteiger partial charge in [0.25, 0.3) is 0 Å². The van der Waals surface area contributed by atoms with Crippen molar-refractivity contribution in [3.8, 4) is 11.5 Å². The molecule has 5 aromatic rings. The third-order valence-electron chi connectivity index (χ3n) is 5.95. The molecule has 0 N–H and O–H groups in total. The fourth-order valence-corrected chi connectivity index (χ4v) is 4.07. The van der Waals surface area contributed by atoms with Crippen molar-refractivity contribution in [2.24, 2.45) is 15.2 Å². The molecular formula is C33H29CmN4O2-. The number of benzene rings is 5. The molecule has 0 amide bonds. The topological polar surface area (TPSA) is 69.6 Å². The van der Waals surface area contributed by atoms with E-state index in [-0.39, 0.29) is 0 Å². The van der Waals surface area contributed by atoms with Crippen LogP contribution in [0.25, 0.3) is 16.1 Å². The molecule has 5 rings (SSSR count). The Balaban J connectivity index is 0.00000370. The maximum atomic E-state index is 5.52. The van der Waals surface area contributed by atoms with Crippen LogP contribution in [0.4, 0.5) is 28.4 Å². The molecule has 0 unspecified atom stereocenters. The molecule has 0 atom stereocenters. The van der Waals surface area contributed by atoms with E-state index in [9.17, 15) is 0 Å². The van der Waals surface area contributed by atoms with Crippen LogP contribution in [-0.2, 0) is 0 Å². The molecule has 0 aliphatic heterocycles. The number of rotatable bonds is 10. The Morgan fingerprint density at radius 3 is 1.73 bits per heavy atom. The van der Waals surface area contributed by atoms with Gasteiger partial charge in [-0.05, 0) is 80.1 Å². The summed E-state index contributed by atoms with van der Waals surface area (Å²) in [6.45, 7) is 5.23. The third-order valence-corrected chi connectivity index (χ3v) is 5.95. The van der Waals surface area contributed by atoms with Crippen LogP contribution in [0, 0.1) is 0 Å². The van der Waals surface area contributed by atoms with Crippen LogP contribution in [-0.4, -0.2) is 19.4 Å². The predicted octanol–water partition coefficient (Wildman–Crippen LogP) is 10.1. The number of hydrogen-bond acceptors (Lipinski definition) is 5. The van der Waals surface area contributed by atoms with Gasteiger partial charge in [0.2, 0.25) is 0 Å². The molecule has 40 heavy (non-hydrogen) atoms. The van der Waals surface area contributed by atoms with Crippen LogP contribution in [0.1, 0.15) is 19.4 Å². The molecule has 0 radical (unpaired) electrons. The fraction of sp³-hybridized carbons (Fsp3) is 0.121. The van der Waals surface area contributed by atoms with Gasteiger partial charge in [-0.2, -0.15) is 5.11 Å². The van der Waals surface area contributed by atoms with E-state index in [4.69, 9.17) is 14.5 Å². The first kappa shape index (κ1) is 27.1. The van der Waals surface area contributed by atoms with Crippen molar-refractivity contribution in [1.29, 1.82) is 0 Å². The predicted molar refractivity (Wildman–Crippen MR) is 160 cm³/mol. The van der Waals surface area contributed by atoms with Crippen LogP contribution in [0.2, 0.25) is 0 Å². The summed E-state index contributed by atoms with van der Waals surface area (Å²) in [6, 6.07) is 35.3. The summed E-state index contributed by atoms with van der Waals surface area (Å²) in [5, 5.41) is 15.7. The first-order valence-electron chi connectivity index (χ1n) is 13.0. The van der Waals surface area contributed by atoms with Gasteiger partial charge < -0.3 is 14.8 Å². The zero-order valence-electron chi connectivity index (χ0n) is 22.3. The van der Waals surface area contributed by atoms with E-state index >= 15 is 0 Å². The number of nitrogens with zero attached hydrogens (tertiary/aromatic N) is 4. The van der Waals surface area contributed by atoms with Gasteiger partial charge in [-0.15, -0.1) is 16.5 Å². The van der Waals surface area contributed by atoms with Gasteiger partial charge in [0.1, 0.15) is 11.5 Å². The Morgan fingerprint density at radius 2 is 1.12 bits per heavy atom. The zero-order chi connectivity index (χ0) is 26.9. The van der Waals surface area contributed by atoms with Crippen LogP contribution in [0.5, 0.6) is 11.5 Å².